The van der Waals surface area contributed by atoms with Crippen molar-refractivity contribution in [1.82, 2.24) is 14.9 Å². The van der Waals surface area contributed by atoms with Gasteiger partial charge in [-0.1, -0.05) is 42.1 Å². The van der Waals surface area contributed by atoms with Crippen LogP contribution >= 0.6 is 11.8 Å². The van der Waals surface area contributed by atoms with Gasteiger partial charge in [-0.05, 0) is 29.8 Å². The Kier molecular flexibility index (Phi) is 4.19. The second-order valence-electron chi connectivity index (χ2n) is 5.22. The molecule has 1 aliphatic rings. The van der Waals surface area contributed by atoms with Crippen LogP contribution in [0, 0.1) is 0 Å². The van der Waals surface area contributed by atoms with E-state index >= 15 is 0 Å². The number of aromatic nitrogens is 3. The van der Waals surface area contributed by atoms with Crippen molar-refractivity contribution < 1.29 is 13.5 Å². The second-order valence-corrected chi connectivity index (χ2v) is 6.16. The predicted molar refractivity (Wildman–Crippen MR) is 91.2 cm³/mol. The van der Waals surface area contributed by atoms with Crippen LogP contribution in [0.5, 0.6) is 5.75 Å². The minimum atomic E-state index is -2.83. The lowest BCUT2D eigenvalue weighted by Gasteiger charge is -2.14. The highest BCUT2D eigenvalue weighted by molar-refractivity contribution is 7.99. The number of hydrogen-bond donors (Lipinski definition) is 0. The fourth-order valence-electron chi connectivity index (χ4n) is 2.47. The molecule has 0 saturated heterocycles. The number of nitrogens with zero attached hydrogens (tertiary/aromatic N) is 4. The van der Waals surface area contributed by atoms with Crippen LogP contribution in [0.4, 0.5) is 8.78 Å². The highest BCUT2D eigenvalue weighted by Gasteiger charge is 2.20. The van der Waals surface area contributed by atoms with Gasteiger partial charge in [0.05, 0.1) is 5.71 Å². The van der Waals surface area contributed by atoms with E-state index in [-0.39, 0.29) is 5.75 Å². The average Bonchev–Trinajstić information content (AvgIpc) is 3.06. The summed E-state index contributed by atoms with van der Waals surface area (Å²) in [5.41, 5.74) is 2.58. The summed E-state index contributed by atoms with van der Waals surface area (Å²) in [5.74, 6) is 1.41. The van der Waals surface area contributed by atoms with E-state index in [1.807, 2.05) is 30.3 Å². The van der Waals surface area contributed by atoms with Crippen molar-refractivity contribution in [3.63, 3.8) is 0 Å². The molecule has 0 N–H and O–H groups in total. The van der Waals surface area contributed by atoms with Crippen molar-refractivity contribution in [3.8, 4) is 17.1 Å². The Morgan fingerprint density at radius 1 is 0.960 bits per heavy atom. The highest BCUT2D eigenvalue weighted by Crippen LogP contribution is 2.28. The maximum Gasteiger partial charge on any atom is 0.387 e. The molecule has 5 nitrogen and oxygen atoms in total. The van der Waals surface area contributed by atoms with Gasteiger partial charge in [-0.3, -0.25) is 0 Å². The quantitative estimate of drug-likeness (QED) is 0.710. The molecule has 0 bridgehead atoms. The number of fused-ring (bicyclic) bond motifs is 1. The SMILES string of the molecule is FC(F)Oc1ccc(C2=Nn3c(nnc3-c3ccccc3)SC2)cc1. The second kappa shape index (κ2) is 6.64. The summed E-state index contributed by atoms with van der Waals surface area (Å²) in [5, 5.41) is 13.8. The van der Waals surface area contributed by atoms with Crippen LogP contribution in [-0.4, -0.2) is 32.9 Å². The molecule has 0 unspecified atom stereocenters. The van der Waals surface area contributed by atoms with E-state index < -0.39 is 6.61 Å². The van der Waals surface area contributed by atoms with Gasteiger partial charge in [0.1, 0.15) is 5.75 Å². The fraction of sp³-hybridized carbons (Fsp3) is 0.118. The van der Waals surface area contributed by atoms with Gasteiger partial charge in [0.2, 0.25) is 5.16 Å². The largest absolute Gasteiger partial charge is 0.435 e. The van der Waals surface area contributed by atoms with Crippen LogP contribution in [-0.2, 0) is 0 Å². The van der Waals surface area contributed by atoms with Crippen molar-refractivity contribution in [2.75, 3.05) is 5.75 Å². The van der Waals surface area contributed by atoms with E-state index in [1.54, 1.807) is 16.8 Å². The van der Waals surface area contributed by atoms with Gasteiger partial charge in [0.25, 0.3) is 0 Å². The van der Waals surface area contributed by atoms with Gasteiger partial charge in [-0.25, -0.2) is 0 Å². The molecule has 126 valence electrons. The molecule has 2 heterocycles. The van der Waals surface area contributed by atoms with Crippen molar-refractivity contribution in [3.05, 3.63) is 60.2 Å². The number of halogens is 2. The first-order valence-electron chi connectivity index (χ1n) is 7.47. The Morgan fingerprint density at radius 2 is 1.72 bits per heavy atom. The molecule has 0 saturated carbocycles. The van der Waals surface area contributed by atoms with Gasteiger partial charge in [-0.2, -0.15) is 18.6 Å². The molecule has 0 fully saturated rings. The maximum absolute atomic E-state index is 12.2. The minimum absolute atomic E-state index is 0.123. The summed E-state index contributed by atoms with van der Waals surface area (Å²) in [6.45, 7) is -2.83. The summed E-state index contributed by atoms with van der Waals surface area (Å²) >= 11 is 1.53. The predicted octanol–water partition coefficient (Wildman–Crippen LogP) is 3.90. The van der Waals surface area contributed by atoms with Crippen LogP contribution < -0.4 is 4.74 Å². The molecule has 1 aromatic heterocycles. The van der Waals surface area contributed by atoms with E-state index in [2.05, 4.69) is 20.0 Å². The lowest BCUT2D eigenvalue weighted by atomic mass is 10.1. The zero-order chi connectivity index (χ0) is 17.2. The van der Waals surface area contributed by atoms with Crippen LogP contribution in [0.1, 0.15) is 5.56 Å². The van der Waals surface area contributed by atoms with E-state index in [0.29, 0.717) is 11.6 Å². The standard InChI is InChI=1S/C17H12F2N4OS/c18-16(19)24-13-8-6-11(7-9-13)14-10-25-17-21-20-15(23(17)22-14)12-4-2-1-3-5-12/h1-9,16H,10H2. The third-order valence-electron chi connectivity index (χ3n) is 3.62. The summed E-state index contributed by atoms with van der Waals surface area (Å²) in [4.78, 5) is 0. The number of thioether (sulfide) groups is 1. The molecule has 3 aromatic rings. The van der Waals surface area contributed by atoms with Crippen LogP contribution in [0.25, 0.3) is 11.4 Å². The monoisotopic (exact) mass is 358 g/mol. The summed E-state index contributed by atoms with van der Waals surface area (Å²) in [6.07, 6.45) is 0. The van der Waals surface area contributed by atoms with Gasteiger partial charge in [0, 0.05) is 11.3 Å². The molecule has 1 aliphatic heterocycles. The van der Waals surface area contributed by atoms with E-state index in [4.69, 9.17) is 0 Å². The molecule has 2 aromatic carbocycles. The average molecular weight is 358 g/mol. The zero-order valence-corrected chi connectivity index (χ0v) is 13.7. The number of ether oxygens (including phenoxy) is 1. The fourth-order valence-corrected chi connectivity index (χ4v) is 3.30. The normalized spacial score (nSPS) is 13.5. The topological polar surface area (TPSA) is 52.3 Å². The van der Waals surface area contributed by atoms with Gasteiger partial charge >= 0.3 is 6.61 Å². The van der Waals surface area contributed by atoms with Crippen LogP contribution in [0.3, 0.4) is 0 Å². The number of rotatable bonds is 4. The molecular weight excluding hydrogens is 346 g/mol. The lowest BCUT2D eigenvalue weighted by molar-refractivity contribution is -0.0498. The molecule has 0 atom stereocenters. The Morgan fingerprint density at radius 3 is 2.44 bits per heavy atom. The first-order chi connectivity index (χ1) is 12.2. The molecule has 0 amide bonds. The molecule has 0 radical (unpaired) electrons. The lowest BCUT2D eigenvalue weighted by Crippen LogP contribution is -2.13. The Labute approximate surface area is 146 Å². The van der Waals surface area contributed by atoms with Gasteiger partial charge < -0.3 is 4.74 Å². The van der Waals surface area contributed by atoms with Gasteiger partial charge in [0.15, 0.2) is 5.82 Å². The Hall–Kier alpha value is -2.74. The van der Waals surface area contributed by atoms with Crippen molar-refractivity contribution in [2.24, 2.45) is 5.10 Å². The van der Waals surface area contributed by atoms with Crippen molar-refractivity contribution in [1.29, 1.82) is 0 Å². The molecule has 0 spiro atoms. The zero-order valence-electron chi connectivity index (χ0n) is 12.8. The molecule has 4 rings (SSSR count). The summed E-state index contributed by atoms with van der Waals surface area (Å²) in [7, 11) is 0. The molecule has 0 aliphatic carbocycles. The number of benzene rings is 2. The summed E-state index contributed by atoms with van der Waals surface area (Å²) < 4.78 is 30.6. The van der Waals surface area contributed by atoms with Crippen molar-refractivity contribution >= 4 is 17.5 Å². The third kappa shape index (κ3) is 3.25. The molecule has 25 heavy (non-hydrogen) atoms. The first kappa shape index (κ1) is 15.8. The number of alkyl halides is 2. The maximum atomic E-state index is 12.2. The Balaban J connectivity index is 1.67. The smallest absolute Gasteiger partial charge is 0.387 e. The van der Waals surface area contributed by atoms with E-state index in [1.165, 1.54) is 23.9 Å². The first-order valence-corrected chi connectivity index (χ1v) is 8.46. The van der Waals surface area contributed by atoms with E-state index in [0.717, 1.165) is 22.0 Å². The highest BCUT2D eigenvalue weighted by atomic mass is 32.2. The molecular formula is C17H12F2N4OS. The minimum Gasteiger partial charge on any atom is -0.435 e. The molecule has 8 heteroatoms. The summed E-state index contributed by atoms with van der Waals surface area (Å²) in [6, 6.07) is 16.1. The Bertz CT molecular complexity index is 910. The van der Waals surface area contributed by atoms with E-state index in [9.17, 15) is 8.78 Å². The van der Waals surface area contributed by atoms with Crippen LogP contribution in [0.2, 0.25) is 0 Å². The third-order valence-corrected chi connectivity index (χ3v) is 4.55. The van der Waals surface area contributed by atoms with Crippen LogP contribution in [0.15, 0.2) is 64.9 Å². The van der Waals surface area contributed by atoms with Gasteiger partial charge in [-0.15, -0.1) is 10.2 Å². The number of hydrogen-bond acceptors (Lipinski definition) is 5. The van der Waals surface area contributed by atoms with Crippen molar-refractivity contribution in [2.45, 2.75) is 11.8 Å².